The molecule has 1 N–H and O–H groups in total. The lowest BCUT2D eigenvalue weighted by molar-refractivity contribution is -0.125. The van der Waals surface area contributed by atoms with Crippen molar-refractivity contribution in [3.8, 4) is 6.07 Å². The molecule has 1 atom stereocenters. The Balaban J connectivity index is 2.67. The fourth-order valence-corrected chi connectivity index (χ4v) is 2.04. The molecule has 0 aromatic carbocycles. The van der Waals surface area contributed by atoms with Gasteiger partial charge in [-0.25, -0.2) is 0 Å². The van der Waals surface area contributed by atoms with E-state index in [1.807, 2.05) is 6.07 Å². The maximum atomic E-state index is 11.9. The van der Waals surface area contributed by atoms with E-state index in [-0.39, 0.29) is 0 Å². The van der Waals surface area contributed by atoms with Gasteiger partial charge in [-0.05, 0) is 23.9 Å². The van der Waals surface area contributed by atoms with Crippen molar-refractivity contribution in [2.24, 2.45) is 0 Å². The van der Waals surface area contributed by atoms with E-state index in [0.29, 0.717) is 4.88 Å². The molecule has 0 aliphatic heterocycles. The van der Waals surface area contributed by atoms with Gasteiger partial charge in [-0.15, -0.1) is 11.3 Å². The molecule has 0 saturated heterocycles. The zero-order valence-corrected chi connectivity index (χ0v) is 8.75. The number of hydrogen-bond donors (Lipinski definition) is 1. The first-order chi connectivity index (χ1) is 6.94. The van der Waals surface area contributed by atoms with Crippen molar-refractivity contribution in [3.05, 3.63) is 21.9 Å². The van der Waals surface area contributed by atoms with Crippen LogP contribution in [0.25, 0.3) is 0 Å². The Labute approximate surface area is 89.3 Å². The number of halogens is 3. The van der Waals surface area contributed by atoms with Gasteiger partial charge in [0.05, 0.1) is 12.6 Å². The molecule has 0 spiro atoms. The molecular weight excluding hydrogens is 225 g/mol. The number of aryl methyl sites for hydroxylation is 1. The summed E-state index contributed by atoms with van der Waals surface area (Å²) in [4.78, 5) is 0.641. The van der Waals surface area contributed by atoms with E-state index >= 15 is 0 Å². The quantitative estimate of drug-likeness (QED) is 0.872. The first-order valence-corrected chi connectivity index (χ1v) is 5.06. The highest BCUT2D eigenvalue weighted by atomic mass is 32.1. The summed E-state index contributed by atoms with van der Waals surface area (Å²) in [5.41, 5.74) is 0.834. The molecule has 2 nitrogen and oxygen atoms in total. The molecule has 0 radical (unpaired) electrons. The molecule has 0 aliphatic rings. The van der Waals surface area contributed by atoms with E-state index < -0.39 is 18.8 Å². The van der Waals surface area contributed by atoms with Gasteiger partial charge in [0.1, 0.15) is 6.04 Å². The van der Waals surface area contributed by atoms with Gasteiger partial charge in [-0.2, -0.15) is 18.4 Å². The first-order valence-electron chi connectivity index (χ1n) is 4.18. The minimum atomic E-state index is -4.29. The summed E-state index contributed by atoms with van der Waals surface area (Å²) >= 11 is 1.28. The number of nitrogens with one attached hydrogen (secondary N) is 1. The number of hydrogen-bond acceptors (Lipinski definition) is 3. The van der Waals surface area contributed by atoms with Gasteiger partial charge in [-0.3, -0.25) is 5.32 Å². The summed E-state index contributed by atoms with van der Waals surface area (Å²) in [5.74, 6) is 0. The van der Waals surface area contributed by atoms with E-state index in [1.165, 1.54) is 11.3 Å². The maximum absolute atomic E-state index is 11.9. The van der Waals surface area contributed by atoms with Gasteiger partial charge < -0.3 is 0 Å². The van der Waals surface area contributed by atoms with Crippen LogP contribution in [0.15, 0.2) is 11.4 Å². The van der Waals surface area contributed by atoms with Crippen LogP contribution in [-0.2, 0) is 0 Å². The summed E-state index contributed by atoms with van der Waals surface area (Å²) < 4.78 is 35.8. The van der Waals surface area contributed by atoms with E-state index in [2.05, 4.69) is 5.32 Å². The summed E-state index contributed by atoms with van der Waals surface area (Å²) in [6.45, 7) is 0.619. The molecular formula is C9H9F3N2S. The standard InChI is InChI=1S/C9H9F3N2S/c1-6-2-3-15-8(6)7(4-13)14-5-9(10,11)12/h2-3,7,14H,5H2,1H3. The summed E-state index contributed by atoms with van der Waals surface area (Å²) in [5, 5.41) is 12.7. The van der Waals surface area contributed by atoms with E-state index in [9.17, 15) is 13.2 Å². The lowest BCUT2D eigenvalue weighted by Crippen LogP contribution is -2.31. The molecule has 0 saturated carbocycles. The van der Waals surface area contributed by atoms with Crippen molar-refractivity contribution in [3.63, 3.8) is 0 Å². The van der Waals surface area contributed by atoms with Crippen molar-refractivity contribution in [2.45, 2.75) is 19.1 Å². The Kier molecular flexibility index (Phi) is 3.72. The number of thiophene rings is 1. The van der Waals surface area contributed by atoms with Crippen LogP contribution in [0.5, 0.6) is 0 Å². The third-order valence-corrected chi connectivity index (χ3v) is 2.88. The molecule has 0 amide bonds. The Morgan fingerprint density at radius 3 is 2.67 bits per heavy atom. The van der Waals surface area contributed by atoms with E-state index in [4.69, 9.17) is 5.26 Å². The average molecular weight is 234 g/mol. The minimum absolute atomic E-state index is 0.641. The third-order valence-electron chi connectivity index (χ3n) is 1.80. The zero-order valence-electron chi connectivity index (χ0n) is 7.93. The van der Waals surface area contributed by atoms with Gasteiger partial charge in [0, 0.05) is 4.88 Å². The fraction of sp³-hybridized carbons (Fsp3) is 0.444. The third kappa shape index (κ3) is 3.53. The smallest absolute Gasteiger partial charge is 0.289 e. The van der Waals surface area contributed by atoms with Crippen LogP contribution in [0.2, 0.25) is 0 Å². The summed E-state index contributed by atoms with van der Waals surface area (Å²) in [7, 11) is 0. The van der Waals surface area contributed by atoms with Crippen molar-refractivity contribution < 1.29 is 13.2 Å². The summed E-state index contributed by atoms with van der Waals surface area (Å²) in [6, 6.07) is 2.71. The monoisotopic (exact) mass is 234 g/mol. The molecule has 1 aromatic rings. The normalized spacial score (nSPS) is 13.5. The van der Waals surface area contributed by atoms with Crippen LogP contribution >= 0.6 is 11.3 Å². The first kappa shape index (κ1) is 12.0. The molecule has 0 bridgehead atoms. The van der Waals surface area contributed by atoms with Crippen molar-refractivity contribution in [1.82, 2.24) is 5.32 Å². The van der Waals surface area contributed by atoms with Crippen molar-refractivity contribution in [1.29, 1.82) is 5.26 Å². The van der Waals surface area contributed by atoms with Gasteiger partial charge in [-0.1, -0.05) is 0 Å². The Morgan fingerprint density at radius 1 is 1.60 bits per heavy atom. The second-order valence-corrected chi connectivity index (χ2v) is 3.97. The van der Waals surface area contributed by atoms with Gasteiger partial charge in [0.2, 0.25) is 0 Å². The Hall–Kier alpha value is -1.06. The lowest BCUT2D eigenvalue weighted by Gasteiger charge is -2.12. The highest BCUT2D eigenvalue weighted by Gasteiger charge is 2.28. The average Bonchev–Trinajstić information content (AvgIpc) is 2.52. The zero-order chi connectivity index (χ0) is 11.5. The molecule has 15 heavy (non-hydrogen) atoms. The van der Waals surface area contributed by atoms with Crippen LogP contribution in [0.4, 0.5) is 13.2 Å². The highest BCUT2D eigenvalue weighted by Crippen LogP contribution is 2.24. The predicted molar refractivity (Wildman–Crippen MR) is 51.5 cm³/mol. The SMILES string of the molecule is Cc1ccsc1C(C#N)NCC(F)(F)F. The van der Waals surface area contributed by atoms with E-state index in [0.717, 1.165) is 5.56 Å². The van der Waals surface area contributed by atoms with Gasteiger partial charge in [0.15, 0.2) is 0 Å². The number of nitriles is 1. The minimum Gasteiger partial charge on any atom is -0.289 e. The molecule has 6 heteroatoms. The van der Waals surface area contributed by atoms with Crippen LogP contribution in [-0.4, -0.2) is 12.7 Å². The van der Waals surface area contributed by atoms with E-state index in [1.54, 1.807) is 18.4 Å². The van der Waals surface area contributed by atoms with Crippen molar-refractivity contribution >= 4 is 11.3 Å². The maximum Gasteiger partial charge on any atom is 0.401 e. The number of nitrogens with zero attached hydrogens (tertiary/aromatic N) is 1. The topological polar surface area (TPSA) is 35.8 Å². The van der Waals surface area contributed by atoms with Crippen LogP contribution in [0.3, 0.4) is 0 Å². The molecule has 1 unspecified atom stereocenters. The molecule has 1 heterocycles. The fourth-order valence-electron chi connectivity index (χ4n) is 1.09. The van der Waals surface area contributed by atoms with Crippen LogP contribution in [0, 0.1) is 18.3 Å². The molecule has 1 aromatic heterocycles. The summed E-state index contributed by atoms with van der Waals surface area (Å²) in [6.07, 6.45) is -4.29. The largest absolute Gasteiger partial charge is 0.401 e. The molecule has 0 aliphatic carbocycles. The second-order valence-electron chi connectivity index (χ2n) is 3.03. The van der Waals surface area contributed by atoms with Gasteiger partial charge in [0.25, 0.3) is 0 Å². The van der Waals surface area contributed by atoms with Crippen molar-refractivity contribution in [2.75, 3.05) is 6.54 Å². The van der Waals surface area contributed by atoms with Gasteiger partial charge >= 0.3 is 6.18 Å². The Bertz CT molecular complexity index is 364. The Morgan fingerprint density at radius 2 is 2.27 bits per heavy atom. The second kappa shape index (κ2) is 4.64. The molecule has 1 rings (SSSR count). The number of alkyl halides is 3. The lowest BCUT2D eigenvalue weighted by atomic mass is 10.2. The molecule has 0 fully saturated rings. The van der Waals surface area contributed by atoms with Crippen LogP contribution < -0.4 is 5.32 Å². The highest BCUT2D eigenvalue weighted by molar-refractivity contribution is 7.10. The van der Waals surface area contributed by atoms with Crippen LogP contribution in [0.1, 0.15) is 16.5 Å². The molecule has 82 valence electrons. The predicted octanol–water partition coefficient (Wildman–Crippen LogP) is 2.77. The number of rotatable bonds is 3.